The maximum Gasteiger partial charge on any atom is 0.142 e. The highest BCUT2D eigenvalue weighted by atomic mass is 16.6. The summed E-state index contributed by atoms with van der Waals surface area (Å²) >= 11 is 0. The number of hydrogen-bond acceptors (Lipinski definition) is 5. The molecule has 3 fully saturated rings. The Balaban J connectivity index is 0.000000160. The number of rotatable bonds is 0. The van der Waals surface area contributed by atoms with Crippen LogP contribution >= 0.6 is 0 Å². The van der Waals surface area contributed by atoms with Crippen LogP contribution in [0.4, 0.5) is 0 Å². The van der Waals surface area contributed by atoms with Crippen LogP contribution in [0.5, 0.6) is 0 Å². The summed E-state index contributed by atoms with van der Waals surface area (Å²) in [4.78, 5) is 5.08. The molecule has 3 saturated heterocycles. The lowest BCUT2D eigenvalue weighted by Gasteiger charge is -2.41. The topological polar surface area (TPSA) is 62.6 Å². The van der Waals surface area contributed by atoms with E-state index in [0.717, 1.165) is 0 Å². The van der Waals surface area contributed by atoms with Crippen molar-refractivity contribution in [1.29, 1.82) is 5.41 Å². The summed E-state index contributed by atoms with van der Waals surface area (Å²) in [6.07, 6.45) is -0.975. The standard InChI is InChI=1S/C6H12N2.C5H11NO2/c1-2-8-5-3-7(1)4-6-8;1-5(2,3)8-4(6)7/h1-6H2;1-3H3,(H2,6,7)/p-1. The molecule has 0 spiro atoms. The van der Waals surface area contributed by atoms with Crippen LogP contribution in [-0.4, -0.2) is 60.8 Å². The van der Waals surface area contributed by atoms with Gasteiger partial charge in [0.05, 0.1) is 0 Å². The number of nitrogens with one attached hydrogen (secondary N) is 1. The van der Waals surface area contributed by atoms with Crippen molar-refractivity contribution < 1.29 is 9.84 Å². The molecule has 0 unspecified atom stereocenters. The van der Waals surface area contributed by atoms with Crippen molar-refractivity contribution in [2.75, 3.05) is 39.3 Å². The summed E-state index contributed by atoms with van der Waals surface area (Å²) in [5, 5.41) is 16.3. The summed E-state index contributed by atoms with van der Waals surface area (Å²) < 4.78 is 4.47. The van der Waals surface area contributed by atoms with E-state index in [9.17, 15) is 5.11 Å². The van der Waals surface area contributed by atoms with Crippen molar-refractivity contribution in [1.82, 2.24) is 9.80 Å². The molecule has 3 aliphatic rings. The Hall–Kier alpha value is -0.810. The lowest BCUT2D eigenvalue weighted by molar-refractivity contribution is -0.262. The highest BCUT2D eigenvalue weighted by Gasteiger charge is 2.21. The Kier molecular flexibility index (Phi) is 4.56. The zero-order valence-corrected chi connectivity index (χ0v) is 10.5. The molecule has 3 rings (SSSR count). The first-order chi connectivity index (χ1) is 7.37. The Morgan fingerprint density at radius 2 is 1.31 bits per heavy atom. The average molecular weight is 228 g/mol. The third-order valence-electron chi connectivity index (χ3n) is 2.60. The lowest BCUT2D eigenvalue weighted by atomic mass is 10.2. The number of hydrogen-bond donors (Lipinski definition) is 1. The second-order valence-electron chi connectivity index (χ2n) is 5.19. The van der Waals surface area contributed by atoms with E-state index in [1.165, 1.54) is 39.3 Å². The minimum absolute atomic E-state index is 0.515. The van der Waals surface area contributed by atoms with Gasteiger partial charge in [0.25, 0.3) is 0 Å². The van der Waals surface area contributed by atoms with Crippen molar-refractivity contribution in [3.05, 3.63) is 0 Å². The van der Waals surface area contributed by atoms with E-state index in [0.29, 0.717) is 0 Å². The highest BCUT2D eigenvalue weighted by Crippen LogP contribution is 2.06. The smallest absolute Gasteiger partial charge is 0.142 e. The first-order valence-corrected chi connectivity index (χ1v) is 5.76. The second-order valence-corrected chi connectivity index (χ2v) is 5.19. The minimum atomic E-state index is -0.975. The molecule has 94 valence electrons. The highest BCUT2D eigenvalue weighted by molar-refractivity contribution is 5.57. The molecule has 3 heterocycles. The molecule has 1 N–H and O–H groups in total. The molecule has 0 amide bonds. The van der Waals surface area contributed by atoms with Gasteiger partial charge in [0, 0.05) is 44.9 Å². The largest absolute Gasteiger partial charge is 0.595 e. The summed E-state index contributed by atoms with van der Waals surface area (Å²) in [6.45, 7) is 13.1. The zero-order valence-electron chi connectivity index (χ0n) is 10.5. The first kappa shape index (κ1) is 13.3. The first-order valence-electron chi connectivity index (χ1n) is 5.76. The Morgan fingerprint density at radius 3 is 1.38 bits per heavy atom. The van der Waals surface area contributed by atoms with Gasteiger partial charge in [0.1, 0.15) is 6.08 Å². The normalized spacial score (nSPS) is 27.9. The lowest BCUT2D eigenvalue weighted by Crippen LogP contribution is -2.55. The molecular weight excluding hydrogens is 206 g/mol. The van der Waals surface area contributed by atoms with E-state index in [4.69, 9.17) is 5.41 Å². The zero-order chi connectivity index (χ0) is 12.2. The van der Waals surface area contributed by atoms with Gasteiger partial charge in [0.2, 0.25) is 0 Å². The number of fused-ring (bicyclic) bond motifs is 3. The van der Waals surface area contributed by atoms with Gasteiger partial charge in [-0.05, 0) is 0 Å². The third kappa shape index (κ3) is 5.32. The maximum atomic E-state index is 9.90. The molecule has 2 bridgehead atoms. The van der Waals surface area contributed by atoms with Gasteiger partial charge in [-0.1, -0.05) is 20.8 Å². The molecular formula is C11H22N3O2-. The Bertz CT molecular complexity index is 207. The average Bonchev–Trinajstić information content (AvgIpc) is 2.17. The van der Waals surface area contributed by atoms with E-state index in [-0.39, 0.29) is 0 Å². The fourth-order valence-electron chi connectivity index (χ4n) is 1.80. The Labute approximate surface area is 97.5 Å². The summed E-state index contributed by atoms with van der Waals surface area (Å²) in [7, 11) is 0. The van der Waals surface area contributed by atoms with Gasteiger partial charge >= 0.3 is 0 Å². The van der Waals surface area contributed by atoms with Gasteiger partial charge in [-0.15, -0.1) is 0 Å². The van der Waals surface area contributed by atoms with Crippen molar-refractivity contribution in [3.8, 4) is 0 Å². The fourth-order valence-corrected chi connectivity index (χ4v) is 1.80. The van der Waals surface area contributed by atoms with Crippen LogP contribution in [-0.2, 0) is 4.74 Å². The number of nitrogens with zero attached hydrogens (tertiary/aromatic N) is 2. The molecule has 5 nitrogen and oxygen atoms in total. The molecule has 16 heavy (non-hydrogen) atoms. The van der Waals surface area contributed by atoms with Crippen LogP contribution in [0.3, 0.4) is 0 Å². The SMILES string of the molecule is C1CN2CCN1CC2.CC(C)(C)OC(=N)[O-]. The van der Waals surface area contributed by atoms with Crippen LogP contribution in [0.1, 0.15) is 20.8 Å². The fraction of sp³-hybridized carbons (Fsp3) is 0.909. The van der Waals surface area contributed by atoms with Crippen LogP contribution in [0, 0.1) is 5.41 Å². The van der Waals surface area contributed by atoms with Crippen LogP contribution in [0.15, 0.2) is 0 Å². The van der Waals surface area contributed by atoms with Crippen LogP contribution in [0.25, 0.3) is 0 Å². The predicted molar refractivity (Wildman–Crippen MR) is 61.4 cm³/mol. The summed E-state index contributed by atoms with van der Waals surface area (Å²) in [5.74, 6) is 0. The van der Waals surface area contributed by atoms with Gasteiger partial charge in [-0.2, -0.15) is 0 Å². The van der Waals surface area contributed by atoms with Crippen molar-refractivity contribution in [2.24, 2.45) is 0 Å². The van der Waals surface area contributed by atoms with E-state index in [1.54, 1.807) is 20.8 Å². The molecule has 0 aromatic carbocycles. The quantitative estimate of drug-likeness (QED) is 0.457. The van der Waals surface area contributed by atoms with E-state index >= 15 is 0 Å². The van der Waals surface area contributed by atoms with Gasteiger partial charge in [-0.3, -0.25) is 15.2 Å². The molecule has 0 aliphatic carbocycles. The number of piperazine rings is 3. The summed E-state index contributed by atoms with van der Waals surface area (Å²) in [6, 6.07) is 0. The third-order valence-corrected chi connectivity index (χ3v) is 2.60. The second kappa shape index (κ2) is 5.50. The Morgan fingerprint density at radius 1 is 1.00 bits per heavy atom. The van der Waals surface area contributed by atoms with E-state index in [1.807, 2.05) is 0 Å². The molecule has 0 aromatic rings. The molecule has 0 saturated carbocycles. The van der Waals surface area contributed by atoms with Gasteiger partial charge in [0.15, 0.2) is 0 Å². The summed E-state index contributed by atoms with van der Waals surface area (Å²) in [5.41, 5.74) is -0.515. The maximum absolute atomic E-state index is 9.90. The van der Waals surface area contributed by atoms with Crippen LogP contribution in [0.2, 0.25) is 0 Å². The van der Waals surface area contributed by atoms with Crippen molar-refractivity contribution >= 4 is 6.08 Å². The molecule has 0 atom stereocenters. The minimum Gasteiger partial charge on any atom is -0.595 e. The van der Waals surface area contributed by atoms with Crippen molar-refractivity contribution in [3.63, 3.8) is 0 Å². The monoisotopic (exact) mass is 228 g/mol. The van der Waals surface area contributed by atoms with E-state index in [2.05, 4.69) is 14.5 Å². The molecule has 0 radical (unpaired) electrons. The molecule has 0 aromatic heterocycles. The number of ether oxygens (including phenoxy) is 1. The molecule has 5 heteroatoms. The van der Waals surface area contributed by atoms with Crippen LogP contribution < -0.4 is 5.11 Å². The van der Waals surface area contributed by atoms with Crippen molar-refractivity contribution in [2.45, 2.75) is 26.4 Å². The van der Waals surface area contributed by atoms with E-state index < -0.39 is 11.7 Å². The molecule has 3 aliphatic heterocycles. The van der Waals surface area contributed by atoms with Gasteiger partial charge < -0.3 is 9.84 Å². The van der Waals surface area contributed by atoms with Gasteiger partial charge in [-0.25, -0.2) is 0 Å². The predicted octanol–water partition coefficient (Wildman–Crippen LogP) is -0.286.